The number of rotatable bonds is 3. The van der Waals surface area contributed by atoms with Crippen molar-refractivity contribution in [2.24, 2.45) is 0 Å². The van der Waals surface area contributed by atoms with Crippen LogP contribution in [0.3, 0.4) is 0 Å². The van der Waals surface area contributed by atoms with E-state index in [2.05, 4.69) is 10.1 Å². The van der Waals surface area contributed by atoms with Crippen molar-refractivity contribution in [3.8, 4) is 0 Å². The van der Waals surface area contributed by atoms with Gasteiger partial charge in [0.05, 0.1) is 22.8 Å². The number of carbonyl (C=O) groups is 1. The van der Waals surface area contributed by atoms with E-state index in [1.165, 1.54) is 17.5 Å². The molecule has 5 nitrogen and oxygen atoms in total. The van der Waals surface area contributed by atoms with Gasteiger partial charge in [-0.1, -0.05) is 0 Å². The summed E-state index contributed by atoms with van der Waals surface area (Å²) in [4.78, 5) is 16.6. The highest BCUT2D eigenvalue weighted by atomic mass is 32.1. The zero-order chi connectivity index (χ0) is 13.4. The van der Waals surface area contributed by atoms with Crippen molar-refractivity contribution >= 4 is 33.8 Å². The molecular formula is C13H12N4OS. The van der Waals surface area contributed by atoms with Crippen LogP contribution in [-0.2, 0) is 6.54 Å². The van der Waals surface area contributed by atoms with E-state index < -0.39 is 0 Å². The number of aryl methyl sites for hydroxylation is 1. The lowest BCUT2D eigenvalue weighted by atomic mass is 10.1. The van der Waals surface area contributed by atoms with E-state index in [0.717, 1.165) is 5.39 Å². The number of fused-ring (bicyclic) bond motifs is 1. The van der Waals surface area contributed by atoms with Gasteiger partial charge in [-0.2, -0.15) is 16.4 Å². The molecule has 0 aliphatic rings. The Balaban J connectivity index is 2.16. The second-order valence-electron chi connectivity index (χ2n) is 4.12. The van der Waals surface area contributed by atoms with Gasteiger partial charge in [0, 0.05) is 23.7 Å². The number of anilines is 1. The number of nitrogens with two attached hydrogens (primary N) is 1. The number of hydrogen-bond donors (Lipinski definition) is 1. The molecule has 2 N–H and O–H groups in total. The minimum absolute atomic E-state index is 0.0996. The van der Waals surface area contributed by atoms with Crippen LogP contribution in [0.2, 0.25) is 0 Å². The van der Waals surface area contributed by atoms with Crippen molar-refractivity contribution in [3.63, 3.8) is 0 Å². The minimum Gasteiger partial charge on any atom is -0.397 e. The van der Waals surface area contributed by atoms with Crippen molar-refractivity contribution in [3.05, 3.63) is 40.3 Å². The molecule has 0 aliphatic heterocycles. The Kier molecular flexibility index (Phi) is 2.79. The monoisotopic (exact) mass is 272 g/mol. The summed E-state index contributed by atoms with van der Waals surface area (Å²) >= 11 is 1.48. The predicted molar refractivity (Wildman–Crippen MR) is 75.4 cm³/mol. The number of ketones is 1. The summed E-state index contributed by atoms with van der Waals surface area (Å²) in [7, 11) is 0. The Labute approximate surface area is 113 Å². The molecule has 3 rings (SSSR count). The third-order valence-electron chi connectivity index (χ3n) is 3.04. The molecule has 0 atom stereocenters. The molecule has 0 radical (unpaired) electrons. The van der Waals surface area contributed by atoms with Crippen LogP contribution in [0, 0.1) is 0 Å². The normalized spacial score (nSPS) is 11.0. The number of hydrogen-bond acceptors (Lipinski definition) is 5. The van der Waals surface area contributed by atoms with Gasteiger partial charge in [-0.3, -0.25) is 4.79 Å². The van der Waals surface area contributed by atoms with E-state index in [1.807, 2.05) is 12.3 Å². The molecule has 0 spiro atoms. The Morgan fingerprint density at radius 1 is 1.47 bits per heavy atom. The van der Waals surface area contributed by atoms with E-state index in [1.54, 1.807) is 22.3 Å². The second kappa shape index (κ2) is 4.47. The fraction of sp³-hybridized carbons (Fsp3) is 0.154. The molecule has 3 heterocycles. The zero-order valence-electron chi connectivity index (χ0n) is 10.3. The van der Waals surface area contributed by atoms with E-state index in [4.69, 9.17) is 5.73 Å². The van der Waals surface area contributed by atoms with Crippen molar-refractivity contribution in [2.75, 3.05) is 5.73 Å². The molecule has 0 saturated heterocycles. The molecular weight excluding hydrogens is 260 g/mol. The van der Waals surface area contributed by atoms with Crippen LogP contribution in [0.15, 0.2) is 29.2 Å². The number of nitrogen functional groups attached to an aromatic ring is 1. The number of pyridine rings is 1. The number of nitrogens with zero attached hydrogens (tertiary/aromatic N) is 3. The van der Waals surface area contributed by atoms with Crippen LogP contribution in [-0.4, -0.2) is 20.5 Å². The molecule has 6 heteroatoms. The van der Waals surface area contributed by atoms with Gasteiger partial charge in [-0.05, 0) is 18.4 Å². The average molecular weight is 272 g/mol. The topological polar surface area (TPSA) is 73.8 Å². The highest BCUT2D eigenvalue weighted by molar-refractivity contribution is 7.08. The van der Waals surface area contributed by atoms with Gasteiger partial charge >= 0.3 is 0 Å². The average Bonchev–Trinajstić information content (AvgIpc) is 3.08. The van der Waals surface area contributed by atoms with Crippen molar-refractivity contribution < 1.29 is 4.79 Å². The van der Waals surface area contributed by atoms with E-state index in [0.29, 0.717) is 29.0 Å². The maximum atomic E-state index is 12.3. The lowest BCUT2D eigenvalue weighted by Crippen LogP contribution is -2.06. The first kappa shape index (κ1) is 11.9. The standard InChI is InChI=1S/C13H12N4OS/c1-2-17-13-10(6-16-17)11(14)9(5-15-13)12(18)8-3-4-19-7-8/h3-7H,2H2,1H3,(H2,14,15). The number of aromatic nitrogens is 3. The van der Waals surface area contributed by atoms with Gasteiger partial charge in [-0.25, -0.2) is 9.67 Å². The largest absolute Gasteiger partial charge is 0.397 e. The van der Waals surface area contributed by atoms with E-state index >= 15 is 0 Å². The van der Waals surface area contributed by atoms with Crippen molar-refractivity contribution in [2.45, 2.75) is 13.5 Å². The second-order valence-corrected chi connectivity index (χ2v) is 4.90. The molecule has 0 bridgehead atoms. The minimum atomic E-state index is -0.0996. The van der Waals surface area contributed by atoms with Crippen LogP contribution in [0.25, 0.3) is 11.0 Å². The maximum Gasteiger partial charge on any atom is 0.197 e. The summed E-state index contributed by atoms with van der Waals surface area (Å²) in [6.07, 6.45) is 3.19. The van der Waals surface area contributed by atoms with E-state index in [9.17, 15) is 4.79 Å². The third-order valence-corrected chi connectivity index (χ3v) is 3.72. The summed E-state index contributed by atoms with van der Waals surface area (Å²) in [5.74, 6) is -0.0996. The fourth-order valence-electron chi connectivity index (χ4n) is 2.01. The first-order valence-electron chi connectivity index (χ1n) is 5.89. The van der Waals surface area contributed by atoms with E-state index in [-0.39, 0.29) is 5.78 Å². The summed E-state index contributed by atoms with van der Waals surface area (Å²) in [6, 6.07) is 1.78. The molecule has 3 aromatic rings. The first-order valence-corrected chi connectivity index (χ1v) is 6.83. The number of carbonyl (C=O) groups excluding carboxylic acids is 1. The molecule has 96 valence electrons. The van der Waals surface area contributed by atoms with Crippen LogP contribution < -0.4 is 5.73 Å². The van der Waals surface area contributed by atoms with Gasteiger partial charge in [0.15, 0.2) is 11.4 Å². The highest BCUT2D eigenvalue weighted by Gasteiger charge is 2.17. The Hall–Kier alpha value is -2.21. The predicted octanol–water partition coefficient (Wildman–Crippen LogP) is 2.33. The highest BCUT2D eigenvalue weighted by Crippen LogP contribution is 2.25. The van der Waals surface area contributed by atoms with Crippen LogP contribution >= 0.6 is 11.3 Å². The Morgan fingerprint density at radius 3 is 3.00 bits per heavy atom. The Morgan fingerprint density at radius 2 is 2.32 bits per heavy atom. The van der Waals surface area contributed by atoms with Gasteiger partial charge in [-0.15, -0.1) is 0 Å². The quantitative estimate of drug-likeness (QED) is 0.743. The first-order chi connectivity index (χ1) is 9.22. The smallest absolute Gasteiger partial charge is 0.197 e. The lowest BCUT2D eigenvalue weighted by molar-refractivity contribution is 0.104. The Bertz CT molecular complexity index is 745. The summed E-state index contributed by atoms with van der Waals surface area (Å²) < 4.78 is 1.75. The molecule has 3 aromatic heterocycles. The van der Waals surface area contributed by atoms with Gasteiger partial charge < -0.3 is 5.73 Å². The molecule has 0 aliphatic carbocycles. The lowest BCUT2D eigenvalue weighted by Gasteiger charge is -2.05. The third kappa shape index (κ3) is 1.80. The van der Waals surface area contributed by atoms with Gasteiger partial charge in [0.1, 0.15) is 0 Å². The van der Waals surface area contributed by atoms with Gasteiger partial charge in [0.25, 0.3) is 0 Å². The van der Waals surface area contributed by atoms with Gasteiger partial charge in [0.2, 0.25) is 0 Å². The zero-order valence-corrected chi connectivity index (χ0v) is 11.1. The summed E-state index contributed by atoms with van der Waals surface area (Å²) in [6.45, 7) is 2.70. The summed E-state index contributed by atoms with van der Waals surface area (Å²) in [5.41, 5.74) is 8.31. The van der Waals surface area contributed by atoms with Crippen LogP contribution in [0.1, 0.15) is 22.8 Å². The molecule has 0 amide bonds. The van der Waals surface area contributed by atoms with Crippen LogP contribution in [0.5, 0.6) is 0 Å². The molecule has 0 saturated carbocycles. The molecule has 19 heavy (non-hydrogen) atoms. The van der Waals surface area contributed by atoms with Crippen molar-refractivity contribution in [1.29, 1.82) is 0 Å². The van der Waals surface area contributed by atoms with Crippen molar-refractivity contribution in [1.82, 2.24) is 14.8 Å². The maximum absolute atomic E-state index is 12.3. The molecule has 0 aromatic carbocycles. The number of thiophene rings is 1. The van der Waals surface area contributed by atoms with Crippen LogP contribution in [0.4, 0.5) is 5.69 Å². The summed E-state index contributed by atoms with van der Waals surface area (Å²) in [5, 5.41) is 8.60. The SMILES string of the molecule is CCn1ncc2c(N)c(C(=O)c3ccsc3)cnc21. The fourth-order valence-corrected chi connectivity index (χ4v) is 2.64. The molecule has 0 unspecified atom stereocenters. The molecule has 0 fully saturated rings.